The summed E-state index contributed by atoms with van der Waals surface area (Å²) in [6.07, 6.45) is 1.28. The van der Waals surface area contributed by atoms with Gasteiger partial charge >= 0.3 is 0 Å². The maximum Gasteiger partial charge on any atom is 0.244 e. The predicted octanol–water partition coefficient (Wildman–Crippen LogP) is 3.55. The van der Waals surface area contributed by atoms with E-state index in [1.165, 1.54) is 23.5 Å². The molecule has 1 N–H and O–H groups in total. The minimum absolute atomic E-state index is 0.0482. The molecule has 1 aromatic heterocycles. The Morgan fingerprint density at radius 3 is 2.81 bits per heavy atom. The Balaban J connectivity index is 1.59. The SMILES string of the molecule is C[C@]12CCC(=O)N1[C@@H](C(=O)N[C@@H](c1ccc(F)cc1)c1cccs1)CS2. The average molecular weight is 391 g/mol. The summed E-state index contributed by atoms with van der Waals surface area (Å²) in [6, 6.07) is 9.25. The molecular formula is C19H19FN2O2S2. The van der Waals surface area contributed by atoms with Crippen LogP contribution in [0.5, 0.6) is 0 Å². The Morgan fingerprint density at radius 1 is 1.35 bits per heavy atom. The summed E-state index contributed by atoms with van der Waals surface area (Å²) in [7, 11) is 0. The molecule has 0 unspecified atom stereocenters. The van der Waals surface area contributed by atoms with Crippen LogP contribution in [0.4, 0.5) is 4.39 Å². The Hall–Kier alpha value is -1.86. The number of amides is 2. The quantitative estimate of drug-likeness (QED) is 0.869. The molecule has 4 nitrogen and oxygen atoms in total. The second kappa shape index (κ2) is 6.70. The fraction of sp³-hybridized carbons (Fsp3) is 0.368. The van der Waals surface area contributed by atoms with Crippen molar-refractivity contribution in [3.8, 4) is 0 Å². The lowest BCUT2D eigenvalue weighted by atomic mass is 10.0. The second-order valence-electron chi connectivity index (χ2n) is 6.77. The summed E-state index contributed by atoms with van der Waals surface area (Å²) in [5, 5.41) is 5.04. The van der Waals surface area contributed by atoms with Gasteiger partial charge in [0.2, 0.25) is 11.8 Å². The van der Waals surface area contributed by atoms with Gasteiger partial charge in [0.1, 0.15) is 11.9 Å². The molecule has 7 heteroatoms. The normalized spacial score (nSPS) is 26.0. The van der Waals surface area contributed by atoms with Crippen LogP contribution in [0.2, 0.25) is 0 Å². The molecule has 2 fully saturated rings. The first-order chi connectivity index (χ1) is 12.5. The smallest absolute Gasteiger partial charge is 0.244 e. The van der Waals surface area contributed by atoms with Crippen LogP contribution in [-0.2, 0) is 9.59 Å². The lowest BCUT2D eigenvalue weighted by molar-refractivity contribution is -0.138. The zero-order valence-corrected chi connectivity index (χ0v) is 15.9. The van der Waals surface area contributed by atoms with E-state index in [0.717, 1.165) is 16.9 Å². The van der Waals surface area contributed by atoms with E-state index < -0.39 is 6.04 Å². The first kappa shape index (κ1) is 17.5. The summed E-state index contributed by atoms with van der Waals surface area (Å²) in [6.45, 7) is 2.03. The van der Waals surface area contributed by atoms with Gasteiger partial charge in [-0.1, -0.05) is 18.2 Å². The monoisotopic (exact) mass is 390 g/mol. The number of nitrogens with one attached hydrogen (secondary N) is 1. The van der Waals surface area contributed by atoms with Crippen LogP contribution in [0.3, 0.4) is 0 Å². The largest absolute Gasteiger partial charge is 0.343 e. The number of nitrogens with zero attached hydrogens (tertiary/aromatic N) is 1. The van der Waals surface area contributed by atoms with Crippen molar-refractivity contribution in [3.63, 3.8) is 0 Å². The maximum atomic E-state index is 13.3. The molecule has 26 heavy (non-hydrogen) atoms. The Labute approximate surface area is 159 Å². The Bertz CT molecular complexity index is 825. The van der Waals surface area contributed by atoms with Crippen molar-refractivity contribution in [2.75, 3.05) is 5.75 Å². The van der Waals surface area contributed by atoms with E-state index in [-0.39, 0.29) is 28.5 Å². The summed E-state index contributed by atoms with van der Waals surface area (Å²) < 4.78 is 13.3. The van der Waals surface area contributed by atoms with Gasteiger partial charge in [-0.2, -0.15) is 0 Å². The first-order valence-electron chi connectivity index (χ1n) is 8.53. The third-order valence-corrected chi connectivity index (χ3v) is 7.51. The van der Waals surface area contributed by atoms with E-state index in [2.05, 4.69) is 5.32 Å². The molecule has 136 valence electrons. The zero-order chi connectivity index (χ0) is 18.3. The molecule has 0 spiro atoms. The molecule has 2 aliphatic rings. The molecule has 0 saturated carbocycles. The van der Waals surface area contributed by atoms with E-state index in [0.29, 0.717) is 12.2 Å². The van der Waals surface area contributed by atoms with Crippen LogP contribution in [-0.4, -0.2) is 33.4 Å². The Kier molecular flexibility index (Phi) is 4.52. The van der Waals surface area contributed by atoms with Crippen molar-refractivity contribution in [2.45, 2.75) is 36.7 Å². The summed E-state index contributed by atoms with van der Waals surface area (Å²) >= 11 is 3.21. The highest BCUT2D eigenvalue weighted by Gasteiger charge is 2.53. The third kappa shape index (κ3) is 3.03. The van der Waals surface area contributed by atoms with Crippen molar-refractivity contribution < 1.29 is 14.0 Å². The van der Waals surface area contributed by atoms with E-state index in [9.17, 15) is 14.0 Å². The summed E-state index contributed by atoms with van der Waals surface area (Å²) in [5.41, 5.74) is 0.823. The molecule has 2 amide bonds. The fourth-order valence-electron chi connectivity index (χ4n) is 3.68. The predicted molar refractivity (Wildman–Crippen MR) is 101 cm³/mol. The van der Waals surface area contributed by atoms with Crippen LogP contribution in [0.15, 0.2) is 41.8 Å². The first-order valence-corrected chi connectivity index (χ1v) is 10.4. The van der Waals surface area contributed by atoms with Gasteiger partial charge in [-0.25, -0.2) is 4.39 Å². The lowest BCUT2D eigenvalue weighted by Crippen LogP contribution is -2.50. The van der Waals surface area contributed by atoms with Gasteiger partial charge in [0, 0.05) is 17.1 Å². The molecule has 3 atom stereocenters. The zero-order valence-electron chi connectivity index (χ0n) is 14.3. The van der Waals surface area contributed by atoms with E-state index in [1.54, 1.807) is 28.8 Å². The van der Waals surface area contributed by atoms with Gasteiger partial charge in [-0.3, -0.25) is 9.59 Å². The number of thioether (sulfide) groups is 1. The van der Waals surface area contributed by atoms with Crippen molar-refractivity contribution in [3.05, 3.63) is 58.0 Å². The number of thiophene rings is 1. The number of hydrogen-bond donors (Lipinski definition) is 1. The number of halogens is 1. The van der Waals surface area contributed by atoms with Crippen molar-refractivity contribution >= 4 is 34.9 Å². The van der Waals surface area contributed by atoms with Gasteiger partial charge in [0.05, 0.1) is 10.9 Å². The van der Waals surface area contributed by atoms with Gasteiger partial charge in [-0.05, 0) is 42.5 Å². The molecule has 2 saturated heterocycles. The molecule has 3 heterocycles. The number of fused-ring (bicyclic) bond motifs is 1. The number of rotatable bonds is 4. The average Bonchev–Trinajstić information content (AvgIpc) is 3.32. The van der Waals surface area contributed by atoms with E-state index in [4.69, 9.17) is 0 Å². The van der Waals surface area contributed by atoms with E-state index in [1.807, 2.05) is 24.4 Å². The molecule has 0 aliphatic carbocycles. The third-order valence-electron chi connectivity index (χ3n) is 5.07. The lowest BCUT2D eigenvalue weighted by Gasteiger charge is -2.30. The van der Waals surface area contributed by atoms with Crippen LogP contribution in [0.1, 0.15) is 36.2 Å². The summed E-state index contributed by atoms with van der Waals surface area (Å²) in [4.78, 5) is 27.8. The maximum absolute atomic E-state index is 13.3. The minimum atomic E-state index is -0.456. The number of carbonyl (C=O) groups excluding carboxylic acids is 2. The number of carbonyl (C=O) groups is 2. The fourth-order valence-corrected chi connectivity index (χ4v) is 5.92. The minimum Gasteiger partial charge on any atom is -0.343 e. The van der Waals surface area contributed by atoms with E-state index >= 15 is 0 Å². The van der Waals surface area contributed by atoms with Crippen molar-refractivity contribution in [1.82, 2.24) is 10.2 Å². The molecule has 2 aromatic rings. The van der Waals surface area contributed by atoms with Crippen LogP contribution >= 0.6 is 23.1 Å². The molecule has 4 rings (SSSR count). The highest BCUT2D eigenvalue weighted by molar-refractivity contribution is 8.01. The Morgan fingerprint density at radius 2 is 2.12 bits per heavy atom. The van der Waals surface area contributed by atoms with Crippen LogP contribution in [0, 0.1) is 5.82 Å². The topological polar surface area (TPSA) is 49.4 Å². The number of hydrogen-bond acceptors (Lipinski definition) is 4. The van der Waals surface area contributed by atoms with Gasteiger partial charge < -0.3 is 10.2 Å². The molecule has 0 radical (unpaired) electrons. The highest BCUT2D eigenvalue weighted by Crippen LogP contribution is 2.47. The van der Waals surface area contributed by atoms with Crippen LogP contribution in [0.25, 0.3) is 0 Å². The summed E-state index contributed by atoms with van der Waals surface area (Å²) in [5.74, 6) is 0.191. The number of benzene rings is 1. The molecular weight excluding hydrogens is 371 g/mol. The molecule has 2 aliphatic heterocycles. The van der Waals surface area contributed by atoms with Crippen molar-refractivity contribution in [2.24, 2.45) is 0 Å². The van der Waals surface area contributed by atoms with Gasteiger partial charge in [-0.15, -0.1) is 23.1 Å². The van der Waals surface area contributed by atoms with Gasteiger partial charge in [0.25, 0.3) is 0 Å². The standard InChI is InChI=1S/C19H19FN2O2S2/c1-19-9-8-16(23)22(19)14(11-26-19)18(24)21-17(15-3-2-10-25-15)12-4-6-13(20)7-5-12/h2-7,10,14,17H,8-9,11H2,1H3,(H,21,24)/t14-,17+,19+/m1/s1. The second-order valence-corrected chi connectivity index (χ2v) is 9.25. The van der Waals surface area contributed by atoms with Crippen molar-refractivity contribution in [1.29, 1.82) is 0 Å². The highest BCUT2D eigenvalue weighted by atomic mass is 32.2. The van der Waals surface area contributed by atoms with Gasteiger partial charge in [0.15, 0.2) is 0 Å². The molecule has 1 aromatic carbocycles. The van der Waals surface area contributed by atoms with Crippen LogP contribution < -0.4 is 5.32 Å². The molecule has 0 bridgehead atoms.